The predicted molar refractivity (Wildman–Crippen MR) is 120 cm³/mol. The highest BCUT2D eigenvalue weighted by Gasteiger charge is 2.28. The zero-order chi connectivity index (χ0) is 20.8. The number of benzene rings is 1. The zero-order valence-electron chi connectivity index (χ0n) is 17.5. The first kappa shape index (κ1) is 20.8. The second-order valence-corrected chi connectivity index (χ2v) is 8.91. The van der Waals surface area contributed by atoms with Gasteiger partial charge in [0.1, 0.15) is 5.71 Å². The molecule has 160 valence electrons. The Kier molecular flexibility index (Phi) is 7.00. The molecule has 3 heterocycles. The second-order valence-electron chi connectivity index (χ2n) is 8.02. The highest BCUT2D eigenvalue weighted by Crippen LogP contribution is 2.33. The van der Waals surface area contributed by atoms with Crippen LogP contribution in [0.2, 0.25) is 0 Å². The molecule has 7 heteroatoms. The van der Waals surface area contributed by atoms with Gasteiger partial charge in [-0.25, -0.2) is 9.78 Å². The third kappa shape index (κ3) is 5.01. The third-order valence-corrected chi connectivity index (χ3v) is 6.85. The summed E-state index contributed by atoms with van der Waals surface area (Å²) in [5.74, 6) is 0.417. The Morgan fingerprint density at radius 1 is 1.23 bits per heavy atom. The molecule has 0 aliphatic carbocycles. The number of amides is 2. The van der Waals surface area contributed by atoms with Crippen LogP contribution in [0, 0.1) is 0 Å². The van der Waals surface area contributed by atoms with E-state index < -0.39 is 0 Å². The summed E-state index contributed by atoms with van der Waals surface area (Å²) in [6, 6.07) is 10.3. The number of nitrogens with one attached hydrogen (secondary N) is 1. The van der Waals surface area contributed by atoms with Gasteiger partial charge in [-0.15, -0.1) is 11.3 Å². The highest BCUT2D eigenvalue weighted by molar-refractivity contribution is 7.10. The maximum absolute atomic E-state index is 12.3. The molecule has 2 aliphatic rings. The van der Waals surface area contributed by atoms with Gasteiger partial charge >= 0.3 is 6.03 Å². The van der Waals surface area contributed by atoms with Crippen LogP contribution in [0.5, 0.6) is 0 Å². The van der Waals surface area contributed by atoms with E-state index in [4.69, 9.17) is 9.82 Å². The Morgan fingerprint density at radius 2 is 2.03 bits per heavy atom. The fraction of sp³-hybridized carbons (Fsp3) is 0.522. The lowest BCUT2D eigenvalue weighted by molar-refractivity contribution is 0.0857. The smallest absolute Gasteiger partial charge is 0.317 e. The first-order valence-corrected chi connectivity index (χ1v) is 11.9. The highest BCUT2D eigenvalue weighted by atomic mass is 32.1. The van der Waals surface area contributed by atoms with Gasteiger partial charge < -0.3 is 15.1 Å². The van der Waals surface area contributed by atoms with Crippen LogP contribution in [0.1, 0.15) is 73.7 Å². The Hall–Kier alpha value is -2.41. The molecule has 1 fully saturated rings. The van der Waals surface area contributed by atoms with Crippen molar-refractivity contribution in [1.82, 2.24) is 15.2 Å². The van der Waals surface area contributed by atoms with Gasteiger partial charge in [-0.3, -0.25) is 0 Å². The fourth-order valence-electron chi connectivity index (χ4n) is 3.99. The van der Waals surface area contributed by atoms with Crippen molar-refractivity contribution in [2.24, 2.45) is 5.16 Å². The van der Waals surface area contributed by atoms with Crippen molar-refractivity contribution in [2.45, 2.75) is 57.5 Å². The number of rotatable bonds is 7. The first-order valence-electron chi connectivity index (χ1n) is 11.0. The molecule has 0 saturated carbocycles. The summed E-state index contributed by atoms with van der Waals surface area (Å²) in [4.78, 5) is 24.8. The molecule has 1 atom stereocenters. The summed E-state index contributed by atoms with van der Waals surface area (Å²) < 4.78 is 0. The van der Waals surface area contributed by atoms with E-state index in [0.29, 0.717) is 5.92 Å². The number of aromatic nitrogens is 1. The summed E-state index contributed by atoms with van der Waals surface area (Å²) in [5, 5.41) is 10.6. The summed E-state index contributed by atoms with van der Waals surface area (Å²) in [5.41, 5.74) is 3.01. The molecular formula is C23H30N4O2S. The number of nitrogens with zero attached hydrogens (tertiary/aromatic N) is 3. The molecule has 2 aromatic rings. The lowest BCUT2D eigenvalue weighted by Crippen LogP contribution is -2.44. The number of thiazole rings is 1. The van der Waals surface area contributed by atoms with Crippen LogP contribution in [-0.4, -0.2) is 41.3 Å². The van der Waals surface area contributed by atoms with Crippen LogP contribution in [0.3, 0.4) is 0 Å². The number of hydrogen-bond donors (Lipinski definition) is 1. The van der Waals surface area contributed by atoms with Crippen LogP contribution in [0.25, 0.3) is 0 Å². The lowest BCUT2D eigenvalue weighted by Gasteiger charge is -2.31. The normalized spacial score (nSPS) is 19.4. The van der Waals surface area contributed by atoms with E-state index in [1.165, 1.54) is 6.42 Å². The van der Waals surface area contributed by atoms with Crippen LogP contribution in [0.15, 0.2) is 40.9 Å². The van der Waals surface area contributed by atoms with Gasteiger partial charge in [-0.1, -0.05) is 55.3 Å². The van der Waals surface area contributed by atoms with Gasteiger partial charge in [0.15, 0.2) is 6.10 Å². The molecule has 2 amide bonds. The second kappa shape index (κ2) is 10.1. The largest absolute Gasteiger partial charge is 0.387 e. The quantitative estimate of drug-likeness (QED) is 0.627. The number of oxime groups is 1. The molecule has 1 aromatic heterocycles. The van der Waals surface area contributed by atoms with Crippen molar-refractivity contribution in [1.29, 1.82) is 0 Å². The maximum atomic E-state index is 12.3. The van der Waals surface area contributed by atoms with Gasteiger partial charge in [0.2, 0.25) is 0 Å². The molecule has 4 rings (SSSR count). The maximum Gasteiger partial charge on any atom is 0.317 e. The van der Waals surface area contributed by atoms with Crippen molar-refractivity contribution in [3.8, 4) is 0 Å². The Balaban J connectivity index is 1.27. The molecular weight excluding hydrogens is 396 g/mol. The minimum atomic E-state index is -0.0228. The minimum absolute atomic E-state index is 0.0228. The number of carbonyl (C=O) groups is 1. The lowest BCUT2D eigenvalue weighted by atomic mass is 9.97. The van der Waals surface area contributed by atoms with Crippen molar-refractivity contribution in [3.05, 3.63) is 52.0 Å². The Morgan fingerprint density at radius 3 is 2.80 bits per heavy atom. The SMILES string of the molecule is CCCCCNC(=O)N1CCC(c2nc(C3=NOC(c4ccccc4)C3)cs2)CC1. The fourth-order valence-corrected chi connectivity index (χ4v) is 4.99. The van der Waals surface area contributed by atoms with Gasteiger partial charge in [-0.05, 0) is 24.8 Å². The Labute approximate surface area is 182 Å². The minimum Gasteiger partial charge on any atom is -0.387 e. The van der Waals surface area contributed by atoms with Crippen LogP contribution in [-0.2, 0) is 4.84 Å². The van der Waals surface area contributed by atoms with E-state index in [9.17, 15) is 4.79 Å². The molecule has 1 saturated heterocycles. The zero-order valence-corrected chi connectivity index (χ0v) is 18.4. The average Bonchev–Trinajstić information content (AvgIpc) is 3.47. The number of piperidine rings is 1. The van der Waals surface area contributed by atoms with Crippen molar-refractivity contribution >= 4 is 23.1 Å². The third-order valence-electron chi connectivity index (χ3n) is 5.85. The summed E-state index contributed by atoms with van der Waals surface area (Å²) >= 11 is 1.70. The number of hydrogen-bond acceptors (Lipinski definition) is 5. The summed E-state index contributed by atoms with van der Waals surface area (Å²) in [7, 11) is 0. The molecule has 0 spiro atoms. The van der Waals surface area contributed by atoms with Gasteiger partial charge in [-0.2, -0.15) is 0 Å². The Bertz CT molecular complexity index is 859. The molecule has 0 bridgehead atoms. The molecule has 1 aromatic carbocycles. The van der Waals surface area contributed by atoms with Crippen molar-refractivity contribution in [3.63, 3.8) is 0 Å². The monoisotopic (exact) mass is 426 g/mol. The first-order chi connectivity index (χ1) is 14.7. The molecule has 1 unspecified atom stereocenters. The van der Waals surface area contributed by atoms with E-state index in [1.54, 1.807) is 11.3 Å². The van der Waals surface area contributed by atoms with E-state index in [-0.39, 0.29) is 12.1 Å². The molecule has 2 aliphatic heterocycles. The van der Waals surface area contributed by atoms with Gasteiger partial charge in [0.25, 0.3) is 0 Å². The summed E-state index contributed by atoms with van der Waals surface area (Å²) in [6.07, 6.45) is 6.05. The average molecular weight is 427 g/mol. The van der Waals surface area contributed by atoms with E-state index >= 15 is 0 Å². The van der Waals surface area contributed by atoms with E-state index in [0.717, 1.165) is 73.7 Å². The van der Waals surface area contributed by atoms with Crippen LogP contribution in [0.4, 0.5) is 4.79 Å². The summed E-state index contributed by atoms with van der Waals surface area (Å²) in [6.45, 7) is 4.53. The molecule has 30 heavy (non-hydrogen) atoms. The predicted octanol–water partition coefficient (Wildman–Crippen LogP) is 5.09. The topological polar surface area (TPSA) is 66.8 Å². The molecule has 0 radical (unpaired) electrons. The molecule has 6 nitrogen and oxygen atoms in total. The number of urea groups is 1. The van der Waals surface area contributed by atoms with E-state index in [1.807, 2.05) is 23.1 Å². The van der Waals surface area contributed by atoms with Gasteiger partial charge in [0.05, 0.1) is 10.7 Å². The van der Waals surface area contributed by atoms with Crippen LogP contribution < -0.4 is 5.32 Å². The van der Waals surface area contributed by atoms with Crippen molar-refractivity contribution in [2.75, 3.05) is 19.6 Å². The van der Waals surface area contributed by atoms with E-state index in [2.05, 4.69) is 34.9 Å². The standard InChI is InChI=1S/C23H30N4O2S/c1-2-3-7-12-24-23(28)27-13-10-18(11-14-27)22-25-20(16-30-22)19-15-21(29-26-19)17-8-5-4-6-9-17/h4-6,8-9,16,18,21H,2-3,7,10-15H2,1H3,(H,24,28). The number of likely N-dealkylation sites (tertiary alicyclic amines) is 1. The number of unbranched alkanes of at least 4 members (excludes halogenated alkanes) is 2. The number of carbonyl (C=O) groups excluding carboxylic acids is 1. The van der Waals surface area contributed by atoms with Gasteiger partial charge in [0, 0.05) is 37.4 Å². The van der Waals surface area contributed by atoms with Crippen LogP contribution >= 0.6 is 11.3 Å². The molecule has 1 N–H and O–H groups in total. The van der Waals surface area contributed by atoms with Crippen molar-refractivity contribution < 1.29 is 9.63 Å².